The zero-order valence-electron chi connectivity index (χ0n) is 10.1. The highest BCUT2D eigenvalue weighted by atomic mass is 79.9. The molecule has 0 aromatic heterocycles. The Bertz CT molecular complexity index is 448. The molecule has 0 aliphatic carbocycles. The van der Waals surface area contributed by atoms with E-state index in [0.29, 0.717) is 12.1 Å². The Labute approximate surface area is 113 Å². The van der Waals surface area contributed by atoms with E-state index >= 15 is 0 Å². The zero-order chi connectivity index (χ0) is 13.0. The summed E-state index contributed by atoms with van der Waals surface area (Å²) < 4.78 is 12.1. The molecule has 5 heteroatoms. The Morgan fingerprint density at radius 2 is 2.18 bits per heavy atom. The Balaban J connectivity index is 2.71. The van der Waals surface area contributed by atoms with Gasteiger partial charge in [0.2, 0.25) is 0 Å². The van der Waals surface area contributed by atoms with Crippen molar-refractivity contribution in [1.82, 2.24) is 5.32 Å². The van der Waals surface area contributed by atoms with Crippen LogP contribution in [-0.4, -0.2) is 28.2 Å². The molecule has 0 saturated heterocycles. The maximum Gasteiger partial charge on any atom is 0.251 e. The smallest absolute Gasteiger partial charge is 0.251 e. The second-order valence-electron chi connectivity index (χ2n) is 3.93. The minimum atomic E-state index is -0.917. The van der Waals surface area contributed by atoms with Crippen LogP contribution in [-0.2, 0) is 10.8 Å². The molecule has 1 N–H and O–H groups in total. The third kappa shape index (κ3) is 3.92. The van der Waals surface area contributed by atoms with Gasteiger partial charge in [0.1, 0.15) is 0 Å². The summed E-state index contributed by atoms with van der Waals surface area (Å²) >= 11 is 3.39. The average Bonchev–Trinajstić information content (AvgIpc) is 2.29. The lowest BCUT2D eigenvalue weighted by atomic mass is 10.1. The Kier molecular flexibility index (Phi) is 5.33. The fourth-order valence-electron chi connectivity index (χ4n) is 1.30. The summed E-state index contributed by atoms with van der Waals surface area (Å²) in [5.41, 5.74) is 1.56. The molecular weight excluding hydrogens is 302 g/mol. The zero-order valence-corrected chi connectivity index (χ0v) is 12.5. The summed E-state index contributed by atoms with van der Waals surface area (Å²) in [5.74, 6) is -0.124. The molecule has 0 bridgehead atoms. The normalized spacial score (nSPS) is 14.1. The molecule has 0 aliphatic heterocycles. The molecular formula is C12H16BrNO2S. The number of hydrogen-bond acceptors (Lipinski definition) is 2. The molecule has 0 heterocycles. The molecule has 0 saturated carbocycles. The van der Waals surface area contributed by atoms with E-state index in [2.05, 4.69) is 21.2 Å². The standard InChI is InChI=1S/C12H16BrNO2S/c1-8(17(3)16)7-14-12(15)10-5-4-6-11(13)9(10)2/h4-6,8H,7H2,1-3H3,(H,14,15). The quantitative estimate of drug-likeness (QED) is 0.925. The van der Waals surface area contributed by atoms with Gasteiger partial charge in [-0.25, -0.2) is 0 Å². The Morgan fingerprint density at radius 1 is 1.53 bits per heavy atom. The summed E-state index contributed by atoms with van der Waals surface area (Å²) in [6, 6.07) is 5.51. The lowest BCUT2D eigenvalue weighted by molar-refractivity contribution is 0.0953. The molecule has 17 heavy (non-hydrogen) atoms. The second-order valence-corrected chi connectivity index (χ2v) is 6.59. The van der Waals surface area contributed by atoms with Crippen LogP contribution in [0, 0.1) is 6.92 Å². The third-order valence-corrected chi connectivity index (χ3v) is 4.79. The summed E-state index contributed by atoms with van der Waals surface area (Å²) in [6.07, 6.45) is 1.64. The van der Waals surface area contributed by atoms with Gasteiger partial charge in [-0.1, -0.05) is 22.0 Å². The van der Waals surface area contributed by atoms with Gasteiger partial charge in [-0.3, -0.25) is 9.00 Å². The first-order chi connectivity index (χ1) is 7.93. The van der Waals surface area contributed by atoms with E-state index in [1.54, 1.807) is 12.3 Å². The maximum atomic E-state index is 11.9. The summed E-state index contributed by atoms with van der Waals surface area (Å²) in [5, 5.41) is 2.76. The SMILES string of the molecule is Cc1c(Br)cccc1C(=O)NCC(C)S(C)=O. The molecule has 1 amide bonds. The van der Waals surface area contributed by atoms with E-state index in [0.717, 1.165) is 10.0 Å². The number of nitrogens with one attached hydrogen (secondary N) is 1. The molecule has 3 nitrogen and oxygen atoms in total. The lowest BCUT2D eigenvalue weighted by Gasteiger charge is -2.11. The second kappa shape index (κ2) is 6.31. The van der Waals surface area contributed by atoms with E-state index in [4.69, 9.17) is 0 Å². The molecule has 0 fully saturated rings. The van der Waals surface area contributed by atoms with Crippen molar-refractivity contribution in [1.29, 1.82) is 0 Å². The van der Waals surface area contributed by atoms with Gasteiger partial charge in [-0.05, 0) is 31.5 Å². The van der Waals surface area contributed by atoms with Crippen LogP contribution in [0.3, 0.4) is 0 Å². The van der Waals surface area contributed by atoms with Crippen LogP contribution >= 0.6 is 15.9 Å². The highest BCUT2D eigenvalue weighted by Gasteiger charge is 2.12. The molecule has 0 aliphatic rings. The molecule has 2 unspecified atom stereocenters. The monoisotopic (exact) mass is 317 g/mol. The molecule has 0 spiro atoms. The van der Waals surface area contributed by atoms with Crippen molar-refractivity contribution >= 4 is 32.6 Å². The van der Waals surface area contributed by atoms with E-state index in [-0.39, 0.29) is 11.2 Å². The van der Waals surface area contributed by atoms with Crippen LogP contribution in [0.15, 0.2) is 22.7 Å². The number of amides is 1. The summed E-state index contributed by atoms with van der Waals surface area (Å²) in [7, 11) is -0.917. The maximum absolute atomic E-state index is 11.9. The number of rotatable bonds is 4. The van der Waals surface area contributed by atoms with Crippen molar-refractivity contribution in [2.45, 2.75) is 19.1 Å². The van der Waals surface area contributed by atoms with E-state index < -0.39 is 10.8 Å². The van der Waals surface area contributed by atoms with Crippen LogP contribution in [0.25, 0.3) is 0 Å². The first-order valence-corrected chi connectivity index (χ1v) is 7.70. The number of carbonyl (C=O) groups excluding carboxylic acids is 1. The largest absolute Gasteiger partial charge is 0.351 e. The van der Waals surface area contributed by atoms with Gasteiger partial charge >= 0.3 is 0 Å². The summed E-state index contributed by atoms with van der Waals surface area (Å²) in [4.78, 5) is 11.9. The van der Waals surface area contributed by atoms with Crippen LogP contribution < -0.4 is 5.32 Å². The first-order valence-electron chi connectivity index (χ1n) is 5.29. The topological polar surface area (TPSA) is 46.2 Å². The number of hydrogen-bond donors (Lipinski definition) is 1. The first kappa shape index (κ1) is 14.4. The van der Waals surface area contributed by atoms with Gasteiger partial charge in [-0.2, -0.15) is 0 Å². The number of benzene rings is 1. The van der Waals surface area contributed by atoms with E-state index in [1.165, 1.54) is 0 Å². The number of halogens is 1. The van der Waals surface area contributed by atoms with Gasteiger partial charge in [0.05, 0.1) is 0 Å². The van der Waals surface area contributed by atoms with Gasteiger partial charge in [0, 0.05) is 38.9 Å². The van der Waals surface area contributed by atoms with Crippen LogP contribution in [0.2, 0.25) is 0 Å². The van der Waals surface area contributed by atoms with Crippen molar-refractivity contribution in [3.05, 3.63) is 33.8 Å². The van der Waals surface area contributed by atoms with Crippen LogP contribution in [0.4, 0.5) is 0 Å². The van der Waals surface area contributed by atoms with Crippen LogP contribution in [0.1, 0.15) is 22.8 Å². The van der Waals surface area contributed by atoms with Gasteiger partial charge in [0.25, 0.3) is 5.91 Å². The molecule has 94 valence electrons. The molecule has 1 rings (SSSR count). The predicted octanol–water partition coefficient (Wildman–Crippen LogP) is 2.25. The fraction of sp³-hybridized carbons (Fsp3) is 0.417. The Hall–Kier alpha value is -0.680. The summed E-state index contributed by atoms with van der Waals surface area (Å²) in [6.45, 7) is 4.17. The third-order valence-electron chi connectivity index (χ3n) is 2.63. The van der Waals surface area contributed by atoms with Gasteiger partial charge in [-0.15, -0.1) is 0 Å². The molecule has 0 radical (unpaired) electrons. The predicted molar refractivity (Wildman–Crippen MR) is 74.7 cm³/mol. The number of carbonyl (C=O) groups is 1. The van der Waals surface area contributed by atoms with Gasteiger partial charge in [0.15, 0.2) is 0 Å². The lowest BCUT2D eigenvalue weighted by Crippen LogP contribution is -2.32. The molecule has 1 aromatic carbocycles. The van der Waals surface area contributed by atoms with Crippen molar-refractivity contribution in [2.24, 2.45) is 0 Å². The highest BCUT2D eigenvalue weighted by Crippen LogP contribution is 2.19. The van der Waals surface area contributed by atoms with Crippen molar-refractivity contribution in [3.63, 3.8) is 0 Å². The van der Waals surface area contributed by atoms with E-state index in [9.17, 15) is 9.00 Å². The van der Waals surface area contributed by atoms with E-state index in [1.807, 2.05) is 26.0 Å². The fourth-order valence-corrected chi connectivity index (χ4v) is 1.99. The van der Waals surface area contributed by atoms with Crippen molar-refractivity contribution in [3.8, 4) is 0 Å². The molecule has 1 aromatic rings. The average molecular weight is 318 g/mol. The van der Waals surface area contributed by atoms with Gasteiger partial charge < -0.3 is 5.32 Å². The van der Waals surface area contributed by atoms with Crippen LogP contribution in [0.5, 0.6) is 0 Å². The van der Waals surface area contributed by atoms with Crippen molar-refractivity contribution < 1.29 is 9.00 Å². The van der Waals surface area contributed by atoms with Crippen molar-refractivity contribution in [2.75, 3.05) is 12.8 Å². The minimum absolute atomic E-state index is 0.0357. The highest BCUT2D eigenvalue weighted by molar-refractivity contribution is 9.10. The minimum Gasteiger partial charge on any atom is -0.351 e. The Morgan fingerprint density at radius 3 is 2.76 bits per heavy atom. The molecule has 2 atom stereocenters.